The van der Waals surface area contributed by atoms with Crippen LogP contribution in [0.5, 0.6) is 0 Å². The first-order valence-electron chi connectivity index (χ1n) is 29.6. The highest BCUT2D eigenvalue weighted by atomic mass is 15.3. The average Bonchev–Trinajstić information content (AvgIpc) is 1.50. The molecule has 1 aliphatic heterocycles. The van der Waals surface area contributed by atoms with Crippen LogP contribution in [0.4, 0.5) is 34.4 Å². The molecule has 5 nitrogen and oxygen atoms in total. The number of fused-ring (bicyclic) bond motifs is 7. The number of hydrogen-bond acceptors (Lipinski definition) is 5. The third-order valence-electron chi connectivity index (χ3n) is 17.6. The highest BCUT2D eigenvalue weighted by Crippen LogP contribution is 2.59. The van der Waals surface area contributed by atoms with Crippen LogP contribution in [0, 0.1) is 6.92 Å². The van der Waals surface area contributed by atoms with Crippen LogP contribution in [0.3, 0.4) is 0 Å². The van der Waals surface area contributed by atoms with Gasteiger partial charge in [0.25, 0.3) is 0 Å². The number of aryl methyl sites for hydroxylation is 1. The molecule has 0 saturated carbocycles. The Morgan fingerprint density at radius 3 is 1.31 bits per heavy atom. The maximum atomic E-state index is 5.61. The standard InChI is InChI=1S/C81H57N5/c1-52-21-15-31-60(43-52)78-82-79(84-80(83-78)86-75-42-14-13-41-74(75)85(65-33-5-4-6-34-65)76-50-71-70-37-11-12-40-72(70)81(2,3)73(71)51-77(76)86)61-32-18-28-57(46-61)64-48-62(55-26-16-29-58(44-55)68-38-19-24-53-22-7-9-35-66(53)68)47-63(49-64)56-27-17-30-59(45-56)69-39-20-25-54-23-8-10-36-67(54)69/h4-51H,1-3H3. The van der Waals surface area contributed by atoms with Gasteiger partial charge in [-0.3, -0.25) is 4.90 Å². The molecule has 16 rings (SSSR count). The Labute approximate surface area is 501 Å². The smallest absolute Gasteiger partial charge is 0.238 e. The summed E-state index contributed by atoms with van der Waals surface area (Å²) in [7, 11) is 0. The van der Waals surface area contributed by atoms with Gasteiger partial charge < -0.3 is 4.90 Å². The predicted molar refractivity (Wildman–Crippen MR) is 358 cm³/mol. The summed E-state index contributed by atoms with van der Waals surface area (Å²) >= 11 is 0. The fraction of sp³-hybridized carbons (Fsp3) is 0.0494. The van der Waals surface area contributed by atoms with Gasteiger partial charge in [0.1, 0.15) is 0 Å². The van der Waals surface area contributed by atoms with Gasteiger partial charge in [-0.05, 0) is 185 Å². The lowest BCUT2D eigenvalue weighted by Gasteiger charge is -2.40. The number of nitrogens with zero attached hydrogens (tertiary/aromatic N) is 5. The zero-order valence-electron chi connectivity index (χ0n) is 47.9. The molecule has 0 bridgehead atoms. The molecule has 14 aromatic rings. The fourth-order valence-corrected chi connectivity index (χ4v) is 13.4. The van der Waals surface area contributed by atoms with E-state index in [-0.39, 0.29) is 5.41 Å². The maximum Gasteiger partial charge on any atom is 0.238 e. The van der Waals surface area contributed by atoms with E-state index in [4.69, 9.17) is 15.0 Å². The zero-order chi connectivity index (χ0) is 57.5. The zero-order valence-corrected chi connectivity index (χ0v) is 47.9. The van der Waals surface area contributed by atoms with Crippen LogP contribution in [-0.4, -0.2) is 15.0 Å². The lowest BCUT2D eigenvalue weighted by molar-refractivity contribution is 0.660. The van der Waals surface area contributed by atoms with Crippen LogP contribution in [0.2, 0.25) is 0 Å². The molecule has 86 heavy (non-hydrogen) atoms. The molecule has 0 spiro atoms. The van der Waals surface area contributed by atoms with Gasteiger partial charge in [-0.2, -0.15) is 9.97 Å². The van der Waals surface area contributed by atoms with E-state index in [1.54, 1.807) is 0 Å². The first kappa shape index (κ1) is 50.7. The van der Waals surface area contributed by atoms with Gasteiger partial charge in [-0.15, -0.1) is 0 Å². The van der Waals surface area contributed by atoms with Crippen molar-refractivity contribution in [2.24, 2.45) is 0 Å². The van der Waals surface area contributed by atoms with Crippen molar-refractivity contribution in [3.05, 3.63) is 308 Å². The van der Waals surface area contributed by atoms with Crippen molar-refractivity contribution < 1.29 is 0 Å². The van der Waals surface area contributed by atoms with Crippen molar-refractivity contribution in [3.8, 4) is 89.5 Å². The topological polar surface area (TPSA) is 45.2 Å². The van der Waals surface area contributed by atoms with Crippen LogP contribution in [0.25, 0.3) is 111 Å². The lowest BCUT2D eigenvalue weighted by Crippen LogP contribution is -2.26. The average molecular weight is 1100 g/mol. The second-order valence-electron chi connectivity index (χ2n) is 23.3. The summed E-state index contributed by atoms with van der Waals surface area (Å²) in [6, 6.07) is 106. The molecule has 0 radical (unpaired) electrons. The molecule has 0 N–H and O–H groups in total. The van der Waals surface area contributed by atoms with Crippen LogP contribution in [0.1, 0.15) is 30.5 Å². The van der Waals surface area contributed by atoms with E-state index in [1.165, 1.54) is 66.1 Å². The Morgan fingerprint density at radius 2 is 0.709 bits per heavy atom. The third-order valence-corrected chi connectivity index (χ3v) is 17.6. The van der Waals surface area contributed by atoms with E-state index >= 15 is 0 Å². The van der Waals surface area contributed by atoms with Crippen molar-refractivity contribution in [1.82, 2.24) is 15.0 Å². The van der Waals surface area contributed by atoms with E-state index in [0.29, 0.717) is 17.6 Å². The number of para-hydroxylation sites is 3. The van der Waals surface area contributed by atoms with Gasteiger partial charge in [0.15, 0.2) is 11.6 Å². The van der Waals surface area contributed by atoms with E-state index in [0.717, 1.165) is 78.5 Å². The summed E-state index contributed by atoms with van der Waals surface area (Å²) < 4.78 is 0. The van der Waals surface area contributed by atoms with E-state index < -0.39 is 0 Å². The largest absolute Gasteiger partial charge is 0.306 e. The molecule has 1 aliphatic carbocycles. The summed E-state index contributed by atoms with van der Waals surface area (Å²) in [5.41, 5.74) is 24.3. The summed E-state index contributed by atoms with van der Waals surface area (Å²) in [6.07, 6.45) is 0. The van der Waals surface area contributed by atoms with Crippen molar-refractivity contribution >= 4 is 55.9 Å². The number of hydrogen-bond donors (Lipinski definition) is 0. The number of anilines is 6. The SMILES string of the molecule is Cc1cccc(-c2nc(-c3cccc(-c4cc(-c5cccc(-c6cccc7ccccc67)c5)cc(-c5cccc(-c6cccc7ccccc67)c5)c4)c3)nc(N3c4ccccc4N(c4ccccc4)c4cc5c(cc43)C(C)(C)c3ccccc3-5)n2)c1. The molecule has 0 fully saturated rings. The predicted octanol–water partition coefficient (Wildman–Crippen LogP) is 21.7. The van der Waals surface area contributed by atoms with Crippen LogP contribution in [0.15, 0.2) is 291 Å². The minimum Gasteiger partial charge on any atom is -0.306 e. The van der Waals surface area contributed by atoms with Gasteiger partial charge in [0.05, 0.1) is 22.7 Å². The van der Waals surface area contributed by atoms with Crippen molar-refractivity contribution in [1.29, 1.82) is 0 Å². The highest BCUT2D eigenvalue weighted by molar-refractivity contribution is 6.04. The summed E-state index contributed by atoms with van der Waals surface area (Å²) in [5.74, 6) is 1.71. The van der Waals surface area contributed by atoms with E-state index in [1.807, 2.05) is 0 Å². The molecule has 0 unspecified atom stereocenters. The Kier molecular flexibility index (Phi) is 12.0. The maximum absolute atomic E-state index is 5.61. The first-order chi connectivity index (χ1) is 42.3. The number of benzene rings is 13. The molecular weight excluding hydrogens is 1040 g/mol. The monoisotopic (exact) mass is 1100 g/mol. The minimum atomic E-state index is -0.255. The Balaban J connectivity index is 0.878. The fourth-order valence-electron chi connectivity index (χ4n) is 13.4. The molecule has 2 aliphatic rings. The van der Waals surface area contributed by atoms with Crippen LogP contribution < -0.4 is 9.80 Å². The molecular formula is C81H57N5. The van der Waals surface area contributed by atoms with Gasteiger partial charge >= 0.3 is 0 Å². The normalized spacial score (nSPS) is 12.9. The highest BCUT2D eigenvalue weighted by Gasteiger charge is 2.40. The van der Waals surface area contributed by atoms with Gasteiger partial charge in [0, 0.05) is 22.2 Å². The third kappa shape index (κ3) is 8.66. The van der Waals surface area contributed by atoms with E-state index in [9.17, 15) is 0 Å². The quantitative estimate of drug-likeness (QED) is 0.144. The van der Waals surface area contributed by atoms with Gasteiger partial charge in [-0.25, -0.2) is 4.98 Å². The Hall–Kier alpha value is -11.0. The van der Waals surface area contributed by atoms with Crippen LogP contribution >= 0.6 is 0 Å². The molecule has 0 saturated heterocycles. The van der Waals surface area contributed by atoms with E-state index in [2.05, 4.69) is 322 Å². The molecule has 0 atom stereocenters. The second-order valence-corrected chi connectivity index (χ2v) is 23.3. The Bertz CT molecular complexity index is 4870. The van der Waals surface area contributed by atoms with Gasteiger partial charge in [0.2, 0.25) is 5.95 Å². The second kappa shape index (κ2) is 20.4. The Morgan fingerprint density at radius 1 is 0.279 bits per heavy atom. The molecule has 406 valence electrons. The molecule has 0 amide bonds. The summed E-state index contributed by atoms with van der Waals surface area (Å²) in [4.78, 5) is 21.2. The molecule has 13 aromatic carbocycles. The van der Waals surface area contributed by atoms with Crippen LogP contribution in [-0.2, 0) is 5.41 Å². The number of rotatable bonds is 9. The summed E-state index contributed by atoms with van der Waals surface area (Å²) in [5, 5.41) is 4.91. The molecule has 2 heterocycles. The van der Waals surface area contributed by atoms with Crippen molar-refractivity contribution in [2.45, 2.75) is 26.2 Å². The minimum absolute atomic E-state index is 0.255. The molecule has 5 heteroatoms. The molecule has 1 aromatic heterocycles. The number of aromatic nitrogens is 3. The van der Waals surface area contributed by atoms with Gasteiger partial charge in [-0.1, -0.05) is 232 Å². The summed E-state index contributed by atoms with van der Waals surface area (Å²) in [6.45, 7) is 6.80. The van der Waals surface area contributed by atoms with Crippen molar-refractivity contribution in [2.75, 3.05) is 9.80 Å². The first-order valence-corrected chi connectivity index (χ1v) is 29.6. The van der Waals surface area contributed by atoms with Crippen molar-refractivity contribution in [3.63, 3.8) is 0 Å². The lowest BCUT2D eigenvalue weighted by atomic mass is 9.82.